The quantitative estimate of drug-likeness (QED) is 0.633. The molecule has 2 aliphatic rings. The van der Waals surface area contributed by atoms with Crippen molar-refractivity contribution >= 4 is 11.9 Å². The van der Waals surface area contributed by atoms with Gasteiger partial charge in [-0.3, -0.25) is 4.98 Å². The lowest BCUT2D eigenvalue weighted by Crippen LogP contribution is -2.34. The molecule has 0 amide bonds. The average Bonchev–Trinajstić information content (AvgIpc) is 2.99. The molecular formula is C17H14F4N2O4. The van der Waals surface area contributed by atoms with Gasteiger partial charge in [0.05, 0.1) is 41.8 Å². The number of rotatable bonds is 4. The Morgan fingerprint density at radius 2 is 2.07 bits per heavy atom. The number of pyridine rings is 1. The first-order valence-electron chi connectivity index (χ1n) is 7.83. The number of nitrogens with zero attached hydrogens (tertiary/aromatic N) is 1. The molecule has 3 heterocycles. The predicted octanol–water partition coefficient (Wildman–Crippen LogP) is 2.44. The van der Waals surface area contributed by atoms with Crippen LogP contribution < -0.4 is 5.32 Å². The van der Waals surface area contributed by atoms with Gasteiger partial charge in [-0.2, -0.15) is 0 Å². The highest BCUT2D eigenvalue weighted by Crippen LogP contribution is 2.45. The molecule has 0 saturated heterocycles. The first-order valence-corrected chi connectivity index (χ1v) is 7.83. The van der Waals surface area contributed by atoms with Crippen molar-refractivity contribution in [2.45, 2.75) is 25.4 Å². The molecule has 1 aromatic rings. The number of carbonyl (C=O) groups excluding carboxylic acids is 2. The Balaban J connectivity index is 2.34. The number of hydrogen-bond donors (Lipinski definition) is 1. The molecule has 2 aliphatic heterocycles. The van der Waals surface area contributed by atoms with Crippen molar-refractivity contribution in [3.8, 4) is 0 Å². The lowest BCUT2D eigenvalue weighted by atomic mass is 9.79. The second-order valence-corrected chi connectivity index (χ2v) is 5.89. The highest BCUT2D eigenvalue weighted by atomic mass is 19.3. The summed E-state index contributed by atoms with van der Waals surface area (Å²) in [6, 6.07) is 0. The normalized spacial score (nSPS) is 20.4. The number of dihydropyridines is 1. The maximum absolute atomic E-state index is 14.2. The van der Waals surface area contributed by atoms with Crippen LogP contribution in [0.15, 0.2) is 34.9 Å². The van der Waals surface area contributed by atoms with Gasteiger partial charge in [0.2, 0.25) is 0 Å². The fraction of sp³-hybridized carbons (Fsp3) is 0.353. The summed E-state index contributed by atoms with van der Waals surface area (Å²) in [4.78, 5) is 28.1. The number of carbonyl (C=O) groups is 2. The van der Waals surface area contributed by atoms with E-state index in [9.17, 15) is 27.2 Å². The Morgan fingerprint density at radius 3 is 2.67 bits per heavy atom. The molecule has 0 saturated carbocycles. The third-order valence-corrected chi connectivity index (χ3v) is 4.35. The van der Waals surface area contributed by atoms with Crippen molar-refractivity contribution in [1.29, 1.82) is 0 Å². The molecule has 27 heavy (non-hydrogen) atoms. The first-order chi connectivity index (χ1) is 12.8. The number of cyclic esters (lactones) is 1. The highest BCUT2D eigenvalue weighted by molar-refractivity contribution is 6.01. The SMILES string of the molecule is COC(=O)C1=C(C(F)F)NC2=C(C(=O)OC2)[C@H]1c1cncc(F)c1[C@H](C)F. The van der Waals surface area contributed by atoms with Crippen LogP contribution >= 0.6 is 0 Å². The van der Waals surface area contributed by atoms with E-state index in [2.05, 4.69) is 15.0 Å². The predicted molar refractivity (Wildman–Crippen MR) is 82.6 cm³/mol. The van der Waals surface area contributed by atoms with Gasteiger partial charge in [-0.25, -0.2) is 27.2 Å². The maximum Gasteiger partial charge on any atom is 0.337 e. The second-order valence-electron chi connectivity index (χ2n) is 5.89. The molecule has 0 unspecified atom stereocenters. The van der Waals surface area contributed by atoms with Crippen molar-refractivity contribution in [2.75, 3.05) is 13.7 Å². The van der Waals surface area contributed by atoms with Crippen LogP contribution in [0.25, 0.3) is 0 Å². The summed E-state index contributed by atoms with van der Waals surface area (Å²) < 4.78 is 65.0. The Hall–Kier alpha value is -2.91. The Kier molecular flexibility index (Phi) is 4.90. The largest absolute Gasteiger partial charge is 0.466 e. The van der Waals surface area contributed by atoms with Gasteiger partial charge in [0.25, 0.3) is 6.43 Å². The van der Waals surface area contributed by atoms with E-state index < -0.39 is 53.1 Å². The standard InChI is InChI=1S/C17H14F4N2O4/c1-6(18)10-7(3-22-4-8(10)19)11-12-9(5-27-17(12)25)23-14(15(20)21)13(11)16(24)26-2/h3-4,6,11,15,23H,5H2,1-2H3/t6-,11+/m0/s1. The summed E-state index contributed by atoms with van der Waals surface area (Å²) in [5.74, 6) is -4.60. The van der Waals surface area contributed by atoms with E-state index in [0.717, 1.165) is 26.4 Å². The van der Waals surface area contributed by atoms with Crippen LogP contribution in [0, 0.1) is 5.82 Å². The van der Waals surface area contributed by atoms with Crippen LogP contribution in [0.1, 0.15) is 30.1 Å². The molecule has 6 nitrogen and oxygen atoms in total. The third-order valence-electron chi connectivity index (χ3n) is 4.35. The number of alkyl halides is 3. The summed E-state index contributed by atoms with van der Waals surface area (Å²) in [6.45, 7) is 0.708. The number of nitrogens with one attached hydrogen (secondary N) is 1. The molecule has 0 aliphatic carbocycles. The Bertz CT molecular complexity index is 880. The molecule has 0 spiro atoms. The molecule has 1 aromatic heterocycles. The van der Waals surface area contributed by atoms with Crippen LogP contribution in [0.2, 0.25) is 0 Å². The number of methoxy groups -OCH3 is 1. The Morgan fingerprint density at radius 1 is 1.37 bits per heavy atom. The molecule has 2 atom stereocenters. The van der Waals surface area contributed by atoms with Crippen molar-refractivity contribution in [2.24, 2.45) is 0 Å². The van der Waals surface area contributed by atoms with E-state index in [1.165, 1.54) is 0 Å². The number of allylic oxidation sites excluding steroid dienone is 1. The van der Waals surface area contributed by atoms with Crippen molar-refractivity contribution < 1.29 is 36.6 Å². The topological polar surface area (TPSA) is 77.5 Å². The van der Waals surface area contributed by atoms with Gasteiger partial charge in [0.1, 0.15) is 18.6 Å². The highest BCUT2D eigenvalue weighted by Gasteiger charge is 2.45. The van der Waals surface area contributed by atoms with E-state index in [1.54, 1.807) is 0 Å². The lowest BCUT2D eigenvalue weighted by molar-refractivity contribution is -0.136. The van der Waals surface area contributed by atoms with E-state index >= 15 is 0 Å². The number of aromatic nitrogens is 1. The summed E-state index contributed by atoms with van der Waals surface area (Å²) in [7, 11) is 0.967. The molecule has 0 fully saturated rings. The molecule has 0 aromatic carbocycles. The van der Waals surface area contributed by atoms with E-state index in [1.807, 2.05) is 0 Å². The minimum atomic E-state index is -3.14. The van der Waals surface area contributed by atoms with Crippen molar-refractivity contribution in [3.05, 3.63) is 51.9 Å². The van der Waals surface area contributed by atoms with Gasteiger partial charge in [0.15, 0.2) is 0 Å². The van der Waals surface area contributed by atoms with E-state index in [-0.39, 0.29) is 23.4 Å². The van der Waals surface area contributed by atoms with Crippen LogP contribution in [0.5, 0.6) is 0 Å². The van der Waals surface area contributed by atoms with Gasteiger partial charge in [-0.05, 0) is 12.5 Å². The minimum absolute atomic E-state index is 0.00493. The van der Waals surface area contributed by atoms with Gasteiger partial charge in [-0.15, -0.1) is 0 Å². The molecular weight excluding hydrogens is 372 g/mol. The Labute approximate surface area is 150 Å². The van der Waals surface area contributed by atoms with E-state index in [0.29, 0.717) is 0 Å². The molecule has 0 radical (unpaired) electrons. The van der Waals surface area contributed by atoms with Gasteiger partial charge >= 0.3 is 11.9 Å². The molecule has 1 N–H and O–H groups in total. The second kappa shape index (κ2) is 7.01. The van der Waals surface area contributed by atoms with Gasteiger partial charge in [-0.1, -0.05) is 0 Å². The van der Waals surface area contributed by atoms with E-state index in [4.69, 9.17) is 4.74 Å². The van der Waals surface area contributed by atoms with Crippen molar-refractivity contribution in [3.63, 3.8) is 0 Å². The van der Waals surface area contributed by atoms with Crippen LogP contribution in [0.4, 0.5) is 17.6 Å². The fourth-order valence-electron chi connectivity index (χ4n) is 3.27. The van der Waals surface area contributed by atoms with Gasteiger partial charge < -0.3 is 14.8 Å². The first kappa shape index (κ1) is 18.9. The maximum atomic E-state index is 14.2. The molecule has 144 valence electrons. The van der Waals surface area contributed by atoms with Gasteiger partial charge in [0, 0.05) is 11.8 Å². The van der Waals surface area contributed by atoms with Crippen LogP contribution in [-0.2, 0) is 19.1 Å². The lowest BCUT2D eigenvalue weighted by Gasteiger charge is -2.29. The zero-order valence-electron chi connectivity index (χ0n) is 14.2. The summed E-state index contributed by atoms with van der Waals surface area (Å²) >= 11 is 0. The molecule has 0 bridgehead atoms. The summed E-state index contributed by atoms with van der Waals surface area (Å²) in [6.07, 6.45) is -3.20. The average molecular weight is 386 g/mol. The number of esters is 2. The zero-order valence-corrected chi connectivity index (χ0v) is 14.2. The minimum Gasteiger partial charge on any atom is -0.466 e. The number of hydrogen-bond acceptors (Lipinski definition) is 6. The van der Waals surface area contributed by atoms with Crippen LogP contribution in [0.3, 0.4) is 0 Å². The smallest absolute Gasteiger partial charge is 0.337 e. The summed E-state index contributed by atoms with van der Waals surface area (Å²) in [5, 5.41) is 2.33. The molecule has 3 rings (SSSR count). The molecule has 10 heteroatoms. The fourth-order valence-corrected chi connectivity index (χ4v) is 3.27. The third kappa shape index (κ3) is 3.04. The zero-order chi connectivity index (χ0) is 19.9. The van der Waals surface area contributed by atoms with Crippen LogP contribution in [-0.4, -0.2) is 37.1 Å². The monoisotopic (exact) mass is 386 g/mol. The van der Waals surface area contributed by atoms with Crippen molar-refractivity contribution in [1.82, 2.24) is 10.3 Å². The summed E-state index contributed by atoms with van der Waals surface area (Å²) in [5.41, 5.74) is -2.34. The number of ether oxygens (including phenoxy) is 2. The number of halogens is 4.